The average Bonchev–Trinajstić information content (AvgIpc) is 3.08. The highest BCUT2D eigenvalue weighted by Crippen LogP contribution is 2.26. The van der Waals surface area contributed by atoms with Crippen molar-refractivity contribution in [3.05, 3.63) is 52.0 Å². The predicted molar refractivity (Wildman–Crippen MR) is 91.4 cm³/mol. The molecule has 0 unspecified atom stereocenters. The number of nitrogens with zero attached hydrogens (tertiary/aromatic N) is 4. The minimum atomic E-state index is -0.286. The number of amides is 1. The molecule has 3 aromatic rings. The van der Waals surface area contributed by atoms with Gasteiger partial charge in [0.25, 0.3) is 11.5 Å². The van der Waals surface area contributed by atoms with E-state index in [9.17, 15) is 9.59 Å². The van der Waals surface area contributed by atoms with Crippen LogP contribution >= 0.6 is 0 Å². The SMILES string of the molecule is Cc1nc(C2CCN(C(=O)c3n[nH]c(=O)c4ccccc34)CC2)n[nH]1. The molecule has 1 amide bonds. The molecule has 1 aromatic carbocycles. The van der Waals surface area contributed by atoms with E-state index >= 15 is 0 Å². The molecule has 2 aromatic heterocycles. The van der Waals surface area contributed by atoms with Crippen LogP contribution in [0.1, 0.15) is 40.9 Å². The molecule has 2 N–H and O–H groups in total. The second kappa shape index (κ2) is 6.12. The molecule has 128 valence electrons. The Bertz CT molecular complexity index is 984. The summed E-state index contributed by atoms with van der Waals surface area (Å²) < 4.78 is 0. The van der Waals surface area contributed by atoms with Crippen LogP contribution < -0.4 is 5.56 Å². The summed E-state index contributed by atoms with van der Waals surface area (Å²) in [5, 5.41) is 14.6. The summed E-state index contributed by atoms with van der Waals surface area (Å²) >= 11 is 0. The van der Waals surface area contributed by atoms with Crippen LogP contribution in [0, 0.1) is 6.92 Å². The molecule has 4 rings (SSSR count). The lowest BCUT2D eigenvalue weighted by atomic mass is 9.96. The highest BCUT2D eigenvalue weighted by molar-refractivity contribution is 6.04. The van der Waals surface area contributed by atoms with Crippen LogP contribution in [0.25, 0.3) is 10.8 Å². The minimum absolute atomic E-state index is 0.155. The second-order valence-corrected chi connectivity index (χ2v) is 6.29. The fraction of sp³-hybridized carbons (Fsp3) is 0.353. The van der Waals surface area contributed by atoms with Gasteiger partial charge in [-0.2, -0.15) is 10.2 Å². The van der Waals surface area contributed by atoms with Crippen LogP contribution in [0.5, 0.6) is 0 Å². The Morgan fingerprint density at radius 1 is 1.12 bits per heavy atom. The summed E-state index contributed by atoms with van der Waals surface area (Å²) in [5.74, 6) is 1.72. The van der Waals surface area contributed by atoms with Gasteiger partial charge in [0.15, 0.2) is 11.5 Å². The van der Waals surface area contributed by atoms with Gasteiger partial charge in [0, 0.05) is 24.4 Å². The summed E-state index contributed by atoms with van der Waals surface area (Å²) in [5.41, 5.74) is 0.00761. The zero-order valence-corrected chi connectivity index (χ0v) is 13.8. The third kappa shape index (κ3) is 2.79. The number of likely N-dealkylation sites (tertiary alicyclic amines) is 1. The zero-order chi connectivity index (χ0) is 17.4. The van der Waals surface area contributed by atoms with Crippen molar-refractivity contribution >= 4 is 16.7 Å². The van der Waals surface area contributed by atoms with E-state index in [0.717, 1.165) is 24.5 Å². The van der Waals surface area contributed by atoms with E-state index in [1.807, 2.05) is 6.92 Å². The van der Waals surface area contributed by atoms with Gasteiger partial charge in [0.05, 0.1) is 5.39 Å². The summed E-state index contributed by atoms with van der Waals surface area (Å²) in [6, 6.07) is 7.03. The molecule has 0 spiro atoms. The predicted octanol–water partition coefficient (Wildman–Crippen LogP) is 1.37. The number of benzene rings is 1. The fourth-order valence-electron chi connectivity index (χ4n) is 3.31. The third-order valence-electron chi connectivity index (χ3n) is 4.66. The molecular weight excluding hydrogens is 320 g/mol. The van der Waals surface area contributed by atoms with Gasteiger partial charge in [0.2, 0.25) is 0 Å². The van der Waals surface area contributed by atoms with Gasteiger partial charge in [-0.25, -0.2) is 10.1 Å². The average molecular weight is 338 g/mol. The van der Waals surface area contributed by atoms with E-state index < -0.39 is 0 Å². The summed E-state index contributed by atoms with van der Waals surface area (Å²) in [4.78, 5) is 30.9. The number of H-pyrrole nitrogens is 2. The van der Waals surface area contributed by atoms with Gasteiger partial charge in [0.1, 0.15) is 5.82 Å². The third-order valence-corrected chi connectivity index (χ3v) is 4.66. The molecule has 8 heteroatoms. The van der Waals surface area contributed by atoms with E-state index in [0.29, 0.717) is 29.6 Å². The molecule has 0 atom stereocenters. The second-order valence-electron chi connectivity index (χ2n) is 6.29. The van der Waals surface area contributed by atoms with Crippen molar-refractivity contribution in [2.24, 2.45) is 0 Å². The first kappa shape index (κ1) is 15.5. The molecule has 0 saturated carbocycles. The maximum atomic E-state index is 12.9. The monoisotopic (exact) mass is 338 g/mol. The number of hydrogen-bond donors (Lipinski definition) is 2. The molecule has 1 aliphatic rings. The van der Waals surface area contributed by atoms with Crippen molar-refractivity contribution in [1.29, 1.82) is 0 Å². The van der Waals surface area contributed by atoms with Gasteiger partial charge in [-0.1, -0.05) is 18.2 Å². The van der Waals surface area contributed by atoms with Gasteiger partial charge < -0.3 is 4.90 Å². The Morgan fingerprint density at radius 3 is 2.52 bits per heavy atom. The van der Waals surface area contributed by atoms with Crippen LogP contribution in [0.4, 0.5) is 0 Å². The number of hydrogen-bond acceptors (Lipinski definition) is 5. The van der Waals surface area contributed by atoms with Crippen LogP contribution in [-0.4, -0.2) is 49.3 Å². The molecule has 1 aliphatic heterocycles. The summed E-state index contributed by atoms with van der Waals surface area (Å²) in [7, 11) is 0. The van der Waals surface area contributed by atoms with Gasteiger partial charge in [-0.15, -0.1) is 0 Å². The molecule has 1 fully saturated rings. The Balaban J connectivity index is 1.55. The van der Waals surface area contributed by atoms with Crippen molar-refractivity contribution in [2.45, 2.75) is 25.7 Å². The van der Waals surface area contributed by atoms with E-state index in [1.54, 1.807) is 29.2 Å². The van der Waals surface area contributed by atoms with Gasteiger partial charge in [-0.05, 0) is 25.8 Å². The summed E-state index contributed by atoms with van der Waals surface area (Å²) in [6.45, 7) is 3.11. The Hall–Kier alpha value is -3.03. The van der Waals surface area contributed by atoms with Crippen molar-refractivity contribution in [3.63, 3.8) is 0 Å². The molecule has 0 radical (unpaired) electrons. The minimum Gasteiger partial charge on any atom is -0.337 e. The Labute approximate surface area is 143 Å². The first-order valence-electron chi connectivity index (χ1n) is 8.29. The lowest BCUT2D eigenvalue weighted by Gasteiger charge is -2.30. The number of carbonyl (C=O) groups excluding carboxylic acids is 1. The quantitative estimate of drug-likeness (QED) is 0.734. The van der Waals surface area contributed by atoms with E-state index in [2.05, 4.69) is 25.4 Å². The van der Waals surface area contributed by atoms with Crippen LogP contribution in [0.3, 0.4) is 0 Å². The number of fused-ring (bicyclic) bond motifs is 1. The van der Waals surface area contributed by atoms with Crippen molar-refractivity contribution in [1.82, 2.24) is 30.3 Å². The molecule has 8 nitrogen and oxygen atoms in total. The molecule has 0 bridgehead atoms. The number of aromatic amines is 2. The molecule has 1 saturated heterocycles. The lowest BCUT2D eigenvalue weighted by molar-refractivity contribution is 0.0706. The fourth-order valence-corrected chi connectivity index (χ4v) is 3.31. The molecule has 25 heavy (non-hydrogen) atoms. The number of piperidine rings is 1. The number of rotatable bonds is 2. The number of aromatic nitrogens is 5. The Kier molecular flexibility index (Phi) is 3.79. The first-order chi connectivity index (χ1) is 12.1. The zero-order valence-electron chi connectivity index (χ0n) is 13.8. The van der Waals surface area contributed by atoms with E-state index in [-0.39, 0.29) is 17.4 Å². The summed E-state index contributed by atoms with van der Waals surface area (Å²) in [6.07, 6.45) is 1.62. The highest BCUT2D eigenvalue weighted by Gasteiger charge is 2.28. The number of aryl methyl sites for hydroxylation is 1. The van der Waals surface area contributed by atoms with Crippen LogP contribution in [0.2, 0.25) is 0 Å². The first-order valence-corrected chi connectivity index (χ1v) is 8.29. The maximum Gasteiger partial charge on any atom is 0.274 e. The molecule has 0 aliphatic carbocycles. The largest absolute Gasteiger partial charge is 0.337 e. The van der Waals surface area contributed by atoms with Crippen molar-refractivity contribution < 1.29 is 4.79 Å². The van der Waals surface area contributed by atoms with Gasteiger partial charge >= 0.3 is 0 Å². The topological polar surface area (TPSA) is 108 Å². The molecule has 3 heterocycles. The Morgan fingerprint density at radius 2 is 1.84 bits per heavy atom. The van der Waals surface area contributed by atoms with Gasteiger partial charge in [-0.3, -0.25) is 14.7 Å². The van der Waals surface area contributed by atoms with Crippen molar-refractivity contribution in [2.75, 3.05) is 13.1 Å². The van der Waals surface area contributed by atoms with E-state index in [4.69, 9.17) is 0 Å². The van der Waals surface area contributed by atoms with Crippen molar-refractivity contribution in [3.8, 4) is 0 Å². The molecular formula is C17H18N6O2. The van der Waals surface area contributed by atoms with Crippen LogP contribution in [-0.2, 0) is 0 Å². The van der Waals surface area contributed by atoms with E-state index in [1.165, 1.54) is 0 Å². The highest BCUT2D eigenvalue weighted by atomic mass is 16.2. The maximum absolute atomic E-state index is 12.9. The smallest absolute Gasteiger partial charge is 0.274 e. The van der Waals surface area contributed by atoms with Crippen LogP contribution in [0.15, 0.2) is 29.1 Å². The number of nitrogens with one attached hydrogen (secondary N) is 2. The normalized spacial score (nSPS) is 15.6. The lowest BCUT2D eigenvalue weighted by Crippen LogP contribution is -2.39. The number of carbonyl (C=O) groups is 1. The standard InChI is InChI=1S/C17H18N6O2/c1-10-18-15(21-19-10)11-6-8-23(9-7-11)17(25)14-12-4-2-3-5-13(12)16(24)22-20-14/h2-5,11H,6-9H2,1H3,(H,22,24)(H,18,19,21).